The number of benzene rings is 2. The van der Waals surface area contributed by atoms with Crippen LogP contribution in [0.2, 0.25) is 10.0 Å². The first-order valence-corrected chi connectivity index (χ1v) is 8.54. The fourth-order valence-corrected chi connectivity index (χ4v) is 3.41. The van der Waals surface area contributed by atoms with Gasteiger partial charge in [0.15, 0.2) is 0 Å². The second-order valence-corrected chi connectivity index (χ2v) is 6.78. The Kier molecular flexibility index (Phi) is 4.01. The smallest absolute Gasteiger partial charge is 0.270 e. The van der Waals surface area contributed by atoms with E-state index in [1.807, 2.05) is 0 Å². The molecule has 130 valence electrons. The number of non-ortho nitro benzene ring substituents is 1. The molecule has 2 aromatic carbocycles. The van der Waals surface area contributed by atoms with Gasteiger partial charge >= 0.3 is 0 Å². The fraction of sp³-hybridized carbons (Fsp3) is 0.111. The third kappa shape index (κ3) is 2.77. The van der Waals surface area contributed by atoms with E-state index in [2.05, 4.69) is 4.98 Å². The molecule has 8 heteroatoms. The summed E-state index contributed by atoms with van der Waals surface area (Å²) in [4.78, 5) is 27.8. The third-order valence-corrected chi connectivity index (χ3v) is 4.91. The largest absolute Gasteiger partial charge is 0.292 e. The third-order valence-electron chi connectivity index (χ3n) is 4.33. The molecule has 1 aromatic heterocycles. The number of hydrogen-bond donors (Lipinski definition) is 0. The van der Waals surface area contributed by atoms with Gasteiger partial charge in [-0.1, -0.05) is 23.2 Å². The summed E-state index contributed by atoms with van der Waals surface area (Å²) in [7, 11) is 0. The van der Waals surface area contributed by atoms with Crippen molar-refractivity contribution < 1.29 is 4.92 Å². The van der Waals surface area contributed by atoms with Gasteiger partial charge in [-0.15, -0.1) is 0 Å². The van der Waals surface area contributed by atoms with Gasteiger partial charge < -0.3 is 0 Å². The van der Waals surface area contributed by atoms with Gasteiger partial charge in [-0.2, -0.15) is 0 Å². The zero-order valence-corrected chi connectivity index (χ0v) is 14.8. The summed E-state index contributed by atoms with van der Waals surface area (Å²) in [6.07, 6.45) is 2.34. The predicted molar refractivity (Wildman–Crippen MR) is 102 cm³/mol. The monoisotopic (exact) mass is 387 g/mol. The predicted octanol–water partition coefficient (Wildman–Crippen LogP) is 4.56. The minimum absolute atomic E-state index is 0.0464. The molecule has 0 aliphatic carbocycles. The number of rotatable bonds is 2. The molecule has 6 nitrogen and oxygen atoms in total. The first-order valence-electron chi connectivity index (χ1n) is 7.79. The molecule has 0 amide bonds. The normalized spacial score (nSPS) is 14.8. The van der Waals surface area contributed by atoms with E-state index in [0.717, 1.165) is 5.57 Å². The molecule has 0 saturated heterocycles. The number of nitro benzene ring substituents is 1. The molecule has 4 rings (SSSR count). The van der Waals surface area contributed by atoms with Crippen molar-refractivity contribution in [3.63, 3.8) is 0 Å². The van der Waals surface area contributed by atoms with Gasteiger partial charge in [-0.3, -0.25) is 19.5 Å². The van der Waals surface area contributed by atoms with Crippen molar-refractivity contribution in [3.8, 4) is 0 Å². The number of fused-ring (bicyclic) bond motifs is 2. The van der Waals surface area contributed by atoms with Crippen LogP contribution in [-0.4, -0.2) is 14.5 Å². The van der Waals surface area contributed by atoms with E-state index in [1.165, 1.54) is 18.2 Å². The van der Waals surface area contributed by atoms with Crippen molar-refractivity contribution in [2.24, 2.45) is 0 Å². The van der Waals surface area contributed by atoms with Crippen LogP contribution >= 0.6 is 23.2 Å². The number of allylic oxidation sites excluding steroid dienone is 1. The van der Waals surface area contributed by atoms with Gasteiger partial charge in [0.2, 0.25) is 0 Å². The van der Waals surface area contributed by atoms with Gasteiger partial charge in [0, 0.05) is 34.3 Å². The molecule has 3 aromatic rings. The Bertz CT molecular complexity index is 1170. The van der Waals surface area contributed by atoms with Crippen LogP contribution in [0.5, 0.6) is 0 Å². The average molecular weight is 388 g/mol. The zero-order chi connectivity index (χ0) is 18.4. The molecule has 0 atom stereocenters. The van der Waals surface area contributed by atoms with E-state index in [4.69, 9.17) is 23.2 Å². The summed E-state index contributed by atoms with van der Waals surface area (Å²) in [5, 5.41) is 12.4. The second-order valence-electron chi connectivity index (χ2n) is 5.94. The highest BCUT2D eigenvalue weighted by molar-refractivity contribution is 6.32. The summed E-state index contributed by atoms with van der Waals surface area (Å²) in [5.41, 5.74) is 1.66. The molecule has 2 heterocycles. The van der Waals surface area contributed by atoms with E-state index in [1.54, 1.807) is 28.8 Å². The maximum atomic E-state index is 12.7. The molecule has 0 unspecified atom stereocenters. The Morgan fingerprint density at radius 3 is 2.77 bits per heavy atom. The van der Waals surface area contributed by atoms with Crippen molar-refractivity contribution in [1.29, 1.82) is 0 Å². The first kappa shape index (κ1) is 16.8. The number of hydrogen-bond acceptors (Lipinski definition) is 4. The summed E-state index contributed by atoms with van der Waals surface area (Å²) >= 11 is 12.2. The Morgan fingerprint density at radius 2 is 2.00 bits per heavy atom. The Labute approximate surface area is 157 Å². The quantitative estimate of drug-likeness (QED) is 0.477. The molecule has 0 radical (unpaired) electrons. The van der Waals surface area contributed by atoms with E-state index >= 15 is 0 Å². The van der Waals surface area contributed by atoms with Crippen LogP contribution in [0.4, 0.5) is 5.69 Å². The molecular formula is C18H11Cl2N3O3. The maximum absolute atomic E-state index is 12.7. The van der Waals surface area contributed by atoms with Crippen LogP contribution in [0.25, 0.3) is 22.6 Å². The molecule has 0 N–H and O–H groups in total. The van der Waals surface area contributed by atoms with Gasteiger partial charge in [0.25, 0.3) is 11.2 Å². The van der Waals surface area contributed by atoms with Crippen molar-refractivity contribution in [3.05, 3.63) is 78.3 Å². The zero-order valence-electron chi connectivity index (χ0n) is 13.3. The topological polar surface area (TPSA) is 78.0 Å². The van der Waals surface area contributed by atoms with Crippen molar-refractivity contribution in [2.75, 3.05) is 0 Å². The molecule has 26 heavy (non-hydrogen) atoms. The van der Waals surface area contributed by atoms with Crippen LogP contribution in [-0.2, 0) is 6.54 Å². The van der Waals surface area contributed by atoms with Crippen molar-refractivity contribution in [1.82, 2.24) is 9.55 Å². The van der Waals surface area contributed by atoms with Gasteiger partial charge in [0.05, 0.1) is 15.8 Å². The highest BCUT2D eigenvalue weighted by Crippen LogP contribution is 2.31. The van der Waals surface area contributed by atoms with Crippen LogP contribution in [0.3, 0.4) is 0 Å². The minimum Gasteiger partial charge on any atom is -0.292 e. The number of nitro groups is 1. The lowest BCUT2D eigenvalue weighted by molar-refractivity contribution is -0.384. The Balaban J connectivity index is 1.89. The van der Waals surface area contributed by atoms with E-state index < -0.39 is 4.92 Å². The molecule has 0 fully saturated rings. The highest BCUT2D eigenvalue weighted by atomic mass is 35.5. The SMILES string of the molecule is O=c1c2ccc(Cl)cc2nc2n1CC/C2=C\c1cc([N+](=O)[O-])ccc1Cl. The Hall–Kier alpha value is -2.70. The summed E-state index contributed by atoms with van der Waals surface area (Å²) in [6.45, 7) is 0.498. The van der Waals surface area contributed by atoms with E-state index in [9.17, 15) is 14.9 Å². The van der Waals surface area contributed by atoms with Crippen molar-refractivity contribution in [2.45, 2.75) is 13.0 Å². The fourth-order valence-electron chi connectivity index (χ4n) is 3.07. The van der Waals surface area contributed by atoms with E-state index in [0.29, 0.717) is 45.3 Å². The van der Waals surface area contributed by atoms with Gasteiger partial charge in [0.1, 0.15) is 5.82 Å². The summed E-state index contributed by atoms with van der Waals surface area (Å²) in [5.74, 6) is 0.535. The highest BCUT2D eigenvalue weighted by Gasteiger charge is 2.21. The average Bonchev–Trinajstić information content (AvgIpc) is 2.99. The molecule has 0 bridgehead atoms. The lowest BCUT2D eigenvalue weighted by Crippen LogP contribution is -2.20. The Morgan fingerprint density at radius 1 is 1.19 bits per heavy atom. The first-order chi connectivity index (χ1) is 12.4. The molecule has 1 aliphatic rings. The molecule has 0 saturated carbocycles. The van der Waals surface area contributed by atoms with Crippen LogP contribution < -0.4 is 5.56 Å². The van der Waals surface area contributed by atoms with Gasteiger partial charge in [-0.05, 0) is 42.3 Å². The van der Waals surface area contributed by atoms with Gasteiger partial charge in [-0.25, -0.2) is 4.98 Å². The van der Waals surface area contributed by atoms with Crippen LogP contribution in [0.15, 0.2) is 41.2 Å². The number of halogens is 2. The molecular weight excluding hydrogens is 377 g/mol. The standard InChI is InChI=1S/C18H11Cl2N3O3/c19-12-1-3-14-16(9-12)21-17-10(5-6-22(17)18(14)24)7-11-8-13(23(25)26)2-4-15(11)20/h1-4,7-9H,5-6H2/b10-7+. The number of nitrogens with zero attached hydrogens (tertiary/aromatic N) is 3. The maximum Gasteiger partial charge on any atom is 0.270 e. The summed E-state index contributed by atoms with van der Waals surface area (Å²) in [6, 6.07) is 9.23. The van der Waals surface area contributed by atoms with E-state index in [-0.39, 0.29) is 11.2 Å². The van der Waals surface area contributed by atoms with Crippen LogP contribution in [0.1, 0.15) is 17.8 Å². The molecule has 1 aliphatic heterocycles. The summed E-state index contributed by atoms with van der Waals surface area (Å²) < 4.78 is 1.60. The second kappa shape index (κ2) is 6.23. The lowest BCUT2D eigenvalue weighted by Gasteiger charge is -2.06. The van der Waals surface area contributed by atoms with Crippen LogP contribution in [0, 0.1) is 10.1 Å². The van der Waals surface area contributed by atoms with Crippen molar-refractivity contribution >= 4 is 51.4 Å². The minimum atomic E-state index is -0.473. The lowest BCUT2D eigenvalue weighted by atomic mass is 10.1. The molecule has 0 spiro atoms. The number of aromatic nitrogens is 2.